The normalized spacial score (nSPS) is 23.0. The Morgan fingerprint density at radius 2 is 1.79 bits per heavy atom. The number of aliphatic hydroxyl groups is 4. The number of carbonyl (C=O) groups excluding carboxylic acids is 2. The highest BCUT2D eigenvalue weighted by Gasteiger charge is 2.49. The third kappa shape index (κ3) is 10.0. The van der Waals surface area contributed by atoms with Crippen LogP contribution in [0.4, 0.5) is 0 Å². The lowest BCUT2D eigenvalue weighted by atomic mass is 9.97. The minimum Gasteiger partial charge on any atom is -0.504 e. The van der Waals surface area contributed by atoms with Crippen LogP contribution in [0, 0.1) is 0 Å². The van der Waals surface area contributed by atoms with Gasteiger partial charge in [-0.15, -0.1) is 0 Å². The van der Waals surface area contributed by atoms with E-state index in [-0.39, 0.29) is 43.2 Å². The molecule has 43 heavy (non-hydrogen) atoms. The molecule has 2 aromatic carbocycles. The lowest BCUT2D eigenvalue weighted by Gasteiger charge is -2.41. The number of esters is 2. The van der Waals surface area contributed by atoms with Crippen LogP contribution in [0.3, 0.4) is 0 Å². The molecule has 12 nitrogen and oxygen atoms in total. The highest BCUT2D eigenvalue weighted by Crippen LogP contribution is 2.29. The van der Waals surface area contributed by atoms with E-state index in [1.165, 1.54) is 13.2 Å². The molecule has 1 aliphatic heterocycles. The lowest BCUT2D eigenvalue weighted by molar-refractivity contribution is -0.287. The van der Waals surface area contributed by atoms with Crippen molar-refractivity contribution in [2.24, 2.45) is 0 Å². The fourth-order valence-corrected chi connectivity index (χ4v) is 4.73. The summed E-state index contributed by atoms with van der Waals surface area (Å²) in [6.07, 6.45) is -5.22. The Balaban J connectivity index is 1.87. The molecule has 236 valence electrons. The molecular formula is C31H41NO11. The first-order chi connectivity index (χ1) is 20.5. The average Bonchev–Trinajstić information content (AvgIpc) is 2.96. The van der Waals surface area contributed by atoms with Crippen molar-refractivity contribution in [1.29, 1.82) is 0 Å². The zero-order valence-electron chi connectivity index (χ0n) is 24.5. The molecule has 6 N–H and O–H groups in total. The molecule has 2 aromatic rings. The first kappa shape index (κ1) is 34.0. The summed E-state index contributed by atoms with van der Waals surface area (Å²) >= 11 is 0. The van der Waals surface area contributed by atoms with Crippen molar-refractivity contribution >= 4 is 18.0 Å². The summed E-state index contributed by atoms with van der Waals surface area (Å²) in [5.74, 6) is -1.49. The molecule has 1 heterocycles. The molecule has 0 amide bonds. The maximum absolute atomic E-state index is 13.6. The molecule has 0 aliphatic carbocycles. The molecule has 6 atom stereocenters. The van der Waals surface area contributed by atoms with Gasteiger partial charge in [0.15, 0.2) is 30.0 Å². The zero-order valence-corrected chi connectivity index (χ0v) is 24.5. The van der Waals surface area contributed by atoms with Gasteiger partial charge in [-0.05, 0) is 61.1 Å². The average molecular weight is 604 g/mol. The largest absolute Gasteiger partial charge is 0.504 e. The second-order valence-corrected chi connectivity index (χ2v) is 10.4. The van der Waals surface area contributed by atoms with Crippen LogP contribution in [-0.2, 0) is 36.6 Å². The first-order valence-electron chi connectivity index (χ1n) is 14.1. The van der Waals surface area contributed by atoms with Gasteiger partial charge in [0, 0.05) is 32.2 Å². The number of hydrogen-bond donors (Lipinski definition) is 6. The molecule has 0 unspecified atom stereocenters. The van der Waals surface area contributed by atoms with Crippen molar-refractivity contribution in [3.05, 3.63) is 64.7 Å². The van der Waals surface area contributed by atoms with Gasteiger partial charge in [-0.3, -0.25) is 4.79 Å². The van der Waals surface area contributed by atoms with Crippen LogP contribution in [0.1, 0.15) is 37.0 Å². The number of phenols is 1. The van der Waals surface area contributed by atoms with Crippen LogP contribution in [0.25, 0.3) is 6.08 Å². The van der Waals surface area contributed by atoms with E-state index in [0.717, 1.165) is 18.1 Å². The van der Waals surface area contributed by atoms with Gasteiger partial charge < -0.3 is 49.8 Å². The van der Waals surface area contributed by atoms with Crippen LogP contribution < -0.4 is 10.1 Å². The number of nitrogens with one attached hydrogen (secondary N) is 1. The highest BCUT2D eigenvalue weighted by atomic mass is 16.7. The number of aryl methyl sites for hydroxylation is 1. The number of rotatable bonds is 14. The van der Waals surface area contributed by atoms with Gasteiger partial charge >= 0.3 is 11.9 Å². The number of aromatic hydroxyl groups is 1. The summed E-state index contributed by atoms with van der Waals surface area (Å²) in [6.45, 7) is 2.91. The Kier molecular flexibility index (Phi) is 12.9. The molecule has 1 fully saturated rings. The van der Waals surface area contributed by atoms with Crippen LogP contribution in [0.2, 0.25) is 0 Å². The van der Waals surface area contributed by atoms with Crippen molar-refractivity contribution in [2.75, 3.05) is 26.8 Å². The van der Waals surface area contributed by atoms with E-state index in [2.05, 4.69) is 5.32 Å². The Morgan fingerprint density at radius 3 is 2.44 bits per heavy atom. The van der Waals surface area contributed by atoms with Gasteiger partial charge in [-0.2, -0.15) is 0 Å². The number of phenolic OH excluding ortho intramolecular Hbond substituents is 1. The lowest BCUT2D eigenvalue weighted by Crippen LogP contribution is -2.62. The summed E-state index contributed by atoms with van der Waals surface area (Å²) in [6, 6.07) is 12.1. The zero-order chi connectivity index (χ0) is 31.5. The van der Waals surface area contributed by atoms with Crippen molar-refractivity contribution < 1.29 is 54.1 Å². The topological polar surface area (TPSA) is 184 Å². The molecular weight excluding hydrogens is 562 g/mol. The van der Waals surface area contributed by atoms with Crippen LogP contribution in [0.5, 0.6) is 11.5 Å². The molecule has 0 spiro atoms. The van der Waals surface area contributed by atoms with E-state index in [4.69, 9.17) is 18.9 Å². The first-order valence-corrected chi connectivity index (χ1v) is 14.1. The summed E-state index contributed by atoms with van der Waals surface area (Å²) in [4.78, 5) is 25.5. The Hall–Kier alpha value is -3.52. The fourth-order valence-electron chi connectivity index (χ4n) is 4.73. The minimum atomic E-state index is -1.74. The molecule has 12 heteroatoms. The van der Waals surface area contributed by atoms with Gasteiger partial charge in [0.05, 0.1) is 13.2 Å². The summed E-state index contributed by atoms with van der Waals surface area (Å²) < 4.78 is 21.6. The van der Waals surface area contributed by atoms with E-state index in [1.54, 1.807) is 25.1 Å². The number of benzene rings is 2. The fraction of sp³-hybridized carbons (Fsp3) is 0.484. The molecule has 1 aliphatic rings. The smallest absolute Gasteiger partial charge is 0.334 e. The predicted molar refractivity (Wildman–Crippen MR) is 155 cm³/mol. The van der Waals surface area contributed by atoms with Crippen LogP contribution >= 0.6 is 0 Å². The number of hydrogen-bond acceptors (Lipinski definition) is 12. The van der Waals surface area contributed by atoms with Gasteiger partial charge in [0.25, 0.3) is 0 Å². The van der Waals surface area contributed by atoms with Crippen molar-refractivity contribution in [3.63, 3.8) is 0 Å². The third-order valence-electron chi connectivity index (χ3n) is 6.85. The number of carbonyl (C=O) groups is 2. The molecule has 0 radical (unpaired) electrons. The second kappa shape index (κ2) is 16.4. The standard InChI is InChI=1S/C31H41NO11/c1-18(34)16-32-17-26-27(37)28(41-19(2)35)29(31(39)42-26)43-30(38)23(14-22-8-10-24(36)25(15-22)40-3)9-7-20-5-4-6-21(13-20)11-12-33/h4-6,8,10,13-15,18,26-29,31-34,36-37,39H,7,9,11-12,16-17H2,1-3H3/b23-14+/t18-,26-,27-,28+,29+,31+/m0/s1. The van der Waals surface area contributed by atoms with E-state index in [0.29, 0.717) is 18.4 Å². The predicted octanol–water partition coefficient (Wildman–Crippen LogP) is 0.844. The summed E-state index contributed by atoms with van der Waals surface area (Å²) in [7, 11) is 1.40. The summed E-state index contributed by atoms with van der Waals surface area (Å²) in [5.41, 5.74) is 2.56. The molecule has 3 rings (SSSR count). The van der Waals surface area contributed by atoms with Gasteiger partial charge in [0.2, 0.25) is 0 Å². The monoisotopic (exact) mass is 603 g/mol. The highest BCUT2D eigenvalue weighted by molar-refractivity contribution is 5.94. The SMILES string of the molecule is COc1cc(/C=C(\CCc2cccc(CCO)c2)C(=O)O[C@@H]2[C@H](OC(C)=O)[C@@H](O)[C@H](CNC[C@H](C)O)O[C@H]2O)ccc1O. The second-order valence-electron chi connectivity index (χ2n) is 10.4. The molecule has 0 aromatic heterocycles. The van der Waals surface area contributed by atoms with Crippen molar-refractivity contribution in [1.82, 2.24) is 5.32 Å². The van der Waals surface area contributed by atoms with Crippen LogP contribution in [-0.4, -0.2) is 101 Å². The van der Waals surface area contributed by atoms with Gasteiger partial charge in [-0.25, -0.2) is 4.79 Å². The summed E-state index contributed by atoms with van der Waals surface area (Å²) in [5, 5.41) is 53.4. The third-order valence-corrected chi connectivity index (χ3v) is 6.85. The maximum Gasteiger partial charge on any atom is 0.334 e. The Labute approximate surface area is 250 Å². The Morgan fingerprint density at radius 1 is 1.07 bits per heavy atom. The molecule has 0 saturated carbocycles. The van der Waals surface area contributed by atoms with E-state index < -0.39 is 48.7 Å². The molecule has 1 saturated heterocycles. The molecule has 0 bridgehead atoms. The van der Waals surface area contributed by atoms with Crippen molar-refractivity contribution in [2.45, 2.75) is 69.9 Å². The minimum absolute atomic E-state index is 0.00221. The van der Waals surface area contributed by atoms with Gasteiger partial charge in [-0.1, -0.05) is 30.3 Å². The van der Waals surface area contributed by atoms with E-state index in [9.17, 15) is 35.1 Å². The van der Waals surface area contributed by atoms with Crippen molar-refractivity contribution in [3.8, 4) is 11.5 Å². The number of methoxy groups -OCH3 is 1. The van der Waals surface area contributed by atoms with E-state index in [1.807, 2.05) is 24.3 Å². The van der Waals surface area contributed by atoms with Crippen LogP contribution in [0.15, 0.2) is 48.0 Å². The quantitative estimate of drug-likeness (QED) is 0.132. The van der Waals surface area contributed by atoms with Gasteiger partial charge in [0.1, 0.15) is 12.2 Å². The Bertz CT molecular complexity index is 1250. The van der Waals surface area contributed by atoms with E-state index >= 15 is 0 Å². The number of aliphatic hydroxyl groups excluding tert-OH is 4. The maximum atomic E-state index is 13.6. The number of ether oxygens (including phenoxy) is 4.